The van der Waals surface area contributed by atoms with Crippen LogP contribution in [-0.4, -0.2) is 0 Å². The Morgan fingerprint density at radius 1 is 0.760 bits per heavy atom. The van der Waals surface area contributed by atoms with E-state index in [4.69, 9.17) is 4.74 Å². The lowest BCUT2D eigenvalue weighted by atomic mass is 10.1. The topological polar surface area (TPSA) is 13.1 Å². The highest BCUT2D eigenvalue weighted by atomic mass is 19.1. The summed E-state index contributed by atoms with van der Waals surface area (Å²) in [5.74, 6) is 0.481. The van der Waals surface area contributed by atoms with E-state index in [1.54, 1.807) is 18.2 Å². The highest BCUT2D eigenvalue weighted by Crippen LogP contribution is 2.28. The molecular weight excluding hydrogens is 313 g/mol. The summed E-state index contributed by atoms with van der Waals surface area (Å²) in [6, 6.07) is 26.6. The lowest BCUT2D eigenvalue weighted by Crippen LogP contribution is -2.35. The molecule has 0 fully saturated rings. The molecule has 3 heteroatoms. The van der Waals surface area contributed by atoms with Crippen molar-refractivity contribution in [2.75, 3.05) is 0 Å². The lowest BCUT2D eigenvalue weighted by molar-refractivity contribution is -0.691. The molecule has 0 aliphatic rings. The predicted octanol–water partition coefficient (Wildman–Crippen LogP) is 5.11. The second kappa shape index (κ2) is 6.73. The van der Waals surface area contributed by atoms with Crippen LogP contribution in [0.2, 0.25) is 0 Å². The fraction of sp³-hybridized carbons (Fsp3) is 0.0455. The van der Waals surface area contributed by atoms with Gasteiger partial charge >= 0.3 is 5.88 Å². The molecule has 0 aliphatic carbocycles. The molecule has 25 heavy (non-hydrogen) atoms. The minimum atomic E-state index is -0.373. The smallest absolute Gasteiger partial charge is 0.381 e. The average Bonchev–Trinajstić information content (AvgIpc) is 2.66. The summed E-state index contributed by atoms with van der Waals surface area (Å²) < 4.78 is 22.1. The van der Waals surface area contributed by atoms with E-state index < -0.39 is 0 Å². The van der Waals surface area contributed by atoms with Crippen LogP contribution in [0.1, 0.15) is 5.56 Å². The summed E-state index contributed by atoms with van der Waals surface area (Å²) in [5, 5.41) is 2.00. The summed E-state index contributed by atoms with van der Waals surface area (Å²) in [4.78, 5) is 0. The van der Waals surface area contributed by atoms with Crippen LogP contribution in [0.15, 0.2) is 91.1 Å². The Balaban J connectivity index is 1.83. The zero-order valence-electron chi connectivity index (χ0n) is 13.6. The maximum Gasteiger partial charge on any atom is 0.381 e. The molecule has 2 nitrogen and oxygen atoms in total. The molecule has 4 aromatic rings. The first-order valence-electron chi connectivity index (χ1n) is 8.19. The first-order chi connectivity index (χ1) is 12.3. The zero-order chi connectivity index (χ0) is 17.1. The van der Waals surface area contributed by atoms with Gasteiger partial charge in [0.05, 0.1) is 5.39 Å². The fourth-order valence-electron chi connectivity index (χ4n) is 2.88. The number of ether oxygens (including phenoxy) is 1. The normalized spacial score (nSPS) is 10.8. The molecule has 1 aromatic heterocycles. The largest absolute Gasteiger partial charge is 0.402 e. The van der Waals surface area contributed by atoms with Gasteiger partial charge in [0.15, 0.2) is 24.3 Å². The molecule has 0 saturated carbocycles. The second-order valence-corrected chi connectivity index (χ2v) is 5.85. The van der Waals surface area contributed by atoms with E-state index in [1.165, 1.54) is 6.07 Å². The summed E-state index contributed by atoms with van der Waals surface area (Å²) in [6.07, 6.45) is 1.98. The van der Waals surface area contributed by atoms with Gasteiger partial charge in [-0.3, -0.25) is 0 Å². The van der Waals surface area contributed by atoms with E-state index in [2.05, 4.69) is 12.1 Å². The summed E-state index contributed by atoms with van der Waals surface area (Å²) in [7, 11) is 0. The van der Waals surface area contributed by atoms with Crippen LogP contribution >= 0.6 is 0 Å². The fourth-order valence-corrected chi connectivity index (χ4v) is 2.88. The van der Waals surface area contributed by atoms with Gasteiger partial charge in [0.25, 0.3) is 0 Å². The highest BCUT2D eigenvalue weighted by molar-refractivity contribution is 5.85. The quantitative estimate of drug-likeness (QED) is 0.474. The number of hydrogen-bond donors (Lipinski definition) is 0. The van der Waals surface area contributed by atoms with Crippen molar-refractivity contribution >= 4 is 10.8 Å². The maximum atomic E-state index is 14.1. The third-order valence-electron chi connectivity index (χ3n) is 4.13. The van der Waals surface area contributed by atoms with Gasteiger partial charge in [-0.1, -0.05) is 60.7 Å². The van der Waals surface area contributed by atoms with Crippen molar-refractivity contribution in [3.8, 4) is 11.6 Å². The molecular formula is C22H17FNO+. The SMILES string of the molecule is Fc1ccccc1Oc1c2ccccc2cc[n+]1Cc1ccccc1. The van der Waals surface area contributed by atoms with Crippen LogP contribution in [0.3, 0.4) is 0 Å². The zero-order valence-corrected chi connectivity index (χ0v) is 13.6. The number of hydrogen-bond acceptors (Lipinski definition) is 1. The molecule has 0 bridgehead atoms. The number of halogens is 1. The first kappa shape index (κ1) is 15.3. The molecule has 122 valence electrons. The average molecular weight is 330 g/mol. The van der Waals surface area contributed by atoms with Crippen molar-refractivity contribution in [3.05, 3.63) is 103 Å². The van der Waals surface area contributed by atoms with Crippen LogP contribution in [0.5, 0.6) is 11.6 Å². The molecule has 0 saturated heterocycles. The molecule has 4 rings (SSSR count). The van der Waals surface area contributed by atoms with E-state index in [1.807, 2.05) is 59.3 Å². The van der Waals surface area contributed by atoms with E-state index in [0.29, 0.717) is 12.4 Å². The number of para-hydroxylation sites is 1. The van der Waals surface area contributed by atoms with Crippen molar-refractivity contribution in [2.45, 2.75) is 6.54 Å². The Morgan fingerprint density at radius 2 is 1.48 bits per heavy atom. The van der Waals surface area contributed by atoms with Crippen molar-refractivity contribution in [3.63, 3.8) is 0 Å². The Bertz CT molecular complexity index is 1010. The molecule has 1 heterocycles. The van der Waals surface area contributed by atoms with Crippen molar-refractivity contribution in [2.24, 2.45) is 0 Å². The molecule has 0 amide bonds. The van der Waals surface area contributed by atoms with Crippen LogP contribution in [-0.2, 0) is 6.54 Å². The Hall–Kier alpha value is -3.20. The number of fused-ring (bicyclic) bond motifs is 1. The van der Waals surface area contributed by atoms with Gasteiger partial charge in [0, 0.05) is 11.6 Å². The van der Waals surface area contributed by atoms with Crippen LogP contribution < -0.4 is 9.30 Å². The number of aromatic nitrogens is 1. The van der Waals surface area contributed by atoms with Crippen molar-refractivity contribution in [1.82, 2.24) is 0 Å². The first-order valence-corrected chi connectivity index (χ1v) is 8.19. The molecule has 0 unspecified atom stereocenters. The van der Waals surface area contributed by atoms with Crippen molar-refractivity contribution < 1.29 is 13.7 Å². The lowest BCUT2D eigenvalue weighted by Gasteiger charge is -2.09. The van der Waals surface area contributed by atoms with E-state index >= 15 is 0 Å². The number of pyridine rings is 1. The monoisotopic (exact) mass is 330 g/mol. The minimum Gasteiger partial charge on any atom is -0.402 e. The highest BCUT2D eigenvalue weighted by Gasteiger charge is 2.19. The van der Waals surface area contributed by atoms with Crippen molar-refractivity contribution in [1.29, 1.82) is 0 Å². The molecule has 0 spiro atoms. The van der Waals surface area contributed by atoms with Gasteiger partial charge in [0.1, 0.15) is 0 Å². The maximum absolute atomic E-state index is 14.1. The van der Waals surface area contributed by atoms with Gasteiger partial charge in [-0.15, -0.1) is 0 Å². The standard InChI is InChI=1S/C22H17FNO/c23-20-12-6-7-13-21(20)25-22-19-11-5-4-10-18(19)14-15-24(22)16-17-8-2-1-3-9-17/h1-15H,16H2/q+1. The Morgan fingerprint density at radius 3 is 2.32 bits per heavy atom. The predicted molar refractivity (Wildman–Crippen MR) is 96.2 cm³/mol. The second-order valence-electron chi connectivity index (χ2n) is 5.85. The Kier molecular flexibility index (Phi) is 4.13. The van der Waals surface area contributed by atoms with Gasteiger partial charge in [-0.2, -0.15) is 4.57 Å². The minimum absolute atomic E-state index is 0.223. The van der Waals surface area contributed by atoms with Crippen LogP contribution in [0, 0.1) is 5.82 Å². The van der Waals surface area contributed by atoms with Gasteiger partial charge < -0.3 is 4.74 Å². The summed E-state index contributed by atoms with van der Waals surface area (Å²) in [6.45, 7) is 0.648. The number of nitrogens with zero attached hydrogens (tertiary/aromatic N) is 1. The third kappa shape index (κ3) is 3.22. The molecule has 0 atom stereocenters. The summed E-state index contributed by atoms with van der Waals surface area (Å²) >= 11 is 0. The molecule has 0 radical (unpaired) electrons. The number of benzene rings is 3. The van der Waals surface area contributed by atoms with E-state index in [-0.39, 0.29) is 11.6 Å². The van der Waals surface area contributed by atoms with Gasteiger partial charge in [-0.25, -0.2) is 4.39 Å². The number of rotatable bonds is 4. The molecule has 3 aromatic carbocycles. The Labute approximate surface area is 145 Å². The molecule has 0 N–H and O–H groups in total. The van der Waals surface area contributed by atoms with Crippen LogP contribution in [0.4, 0.5) is 4.39 Å². The van der Waals surface area contributed by atoms with E-state index in [0.717, 1.165) is 16.3 Å². The third-order valence-corrected chi connectivity index (χ3v) is 4.13. The molecule has 0 aliphatic heterocycles. The van der Waals surface area contributed by atoms with Gasteiger partial charge in [-0.05, 0) is 23.6 Å². The van der Waals surface area contributed by atoms with E-state index in [9.17, 15) is 4.39 Å². The summed E-state index contributed by atoms with van der Waals surface area (Å²) in [5.41, 5.74) is 1.15. The van der Waals surface area contributed by atoms with Crippen LogP contribution in [0.25, 0.3) is 10.8 Å². The van der Waals surface area contributed by atoms with Gasteiger partial charge in [0.2, 0.25) is 0 Å².